The minimum absolute atomic E-state index is 0.0137. The number of benzene rings is 3. The molecule has 0 fully saturated rings. The Bertz CT molecular complexity index is 1280. The fourth-order valence-electron chi connectivity index (χ4n) is 5.02. The largest absolute Gasteiger partial charge is 0.361 e. The predicted octanol–water partition coefficient (Wildman–Crippen LogP) is 6.57. The summed E-state index contributed by atoms with van der Waals surface area (Å²) in [6.07, 6.45) is 3.49. The zero-order valence-corrected chi connectivity index (χ0v) is 19.8. The SMILES string of the molecule is CC(C)(C)c1ccc(C(CC(=O)N2CCc3ccccc3C2)c2c[nH]c3ccccc23)cc1. The van der Waals surface area contributed by atoms with Gasteiger partial charge in [-0.1, -0.05) is 87.5 Å². The number of aromatic nitrogens is 1. The number of nitrogens with zero attached hydrogens (tertiary/aromatic N) is 1. The molecule has 0 saturated heterocycles. The average molecular weight is 437 g/mol. The van der Waals surface area contributed by atoms with E-state index in [9.17, 15) is 4.79 Å². The number of aromatic amines is 1. The van der Waals surface area contributed by atoms with Crippen molar-refractivity contribution in [3.8, 4) is 0 Å². The van der Waals surface area contributed by atoms with Crippen LogP contribution in [-0.4, -0.2) is 22.3 Å². The molecule has 1 aliphatic heterocycles. The van der Waals surface area contributed by atoms with Gasteiger partial charge in [-0.2, -0.15) is 0 Å². The molecule has 3 heteroatoms. The highest BCUT2D eigenvalue weighted by atomic mass is 16.2. The maximum Gasteiger partial charge on any atom is 0.223 e. The Morgan fingerprint density at radius 3 is 2.39 bits per heavy atom. The summed E-state index contributed by atoms with van der Waals surface area (Å²) >= 11 is 0. The monoisotopic (exact) mass is 436 g/mol. The van der Waals surface area contributed by atoms with Crippen molar-refractivity contribution in [3.05, 3.63) is 107 Å². The molecule has 0 bridgehead atoms. The zero-order valence-electron chi connectivity index (χ0n) is 19.8. The number of amides is 1. The van der Waals surface area contributed by atoms with Crippen LogP contribution in [0.4, 0.5) is 0 Å². The molecule has 168 valence electrons. The van der Waals surface area contributed by atoms with E-state index in [-0.39, 0.29) is 17.2 Å². The van der Waals surface area contributed by atoms with E-state index < -0.39 is 0 Å². The second-order valence-electron chi connectivity index (χ2n) is 10.3. The van der Waals surface area contributed by atoms with Crippen molar-refractivity contribution in [1.82, 2.24) is 9.88 Å². The molecule has 4 aromatic rings. The van der Waals surface area contributed by atoms with Crippen molar-refractivity contribution in [3.63, 3.8) is 0 Å². The van der Waals surface area contributed by atoms with Gasteiger partial charge in [0.15, 0.2) is 0 Å². The van der Waals surface area contributed by atoms with Crippen LogP contribution in [0.3, 0.4) is 0 Å². The maximum atomic E-state index is 13.6. The van der Waals surface area contributed by atoms with E-state index in [0.717, 1.165) is 18.5 Å². The van der Waals surface area contributed by atoms with Gasteiger partial charge in [-0.15, -0.1) is 0 Å². The van der Waals surface area contributed by atoms with E-state index in [1.165, 1.54) is 33.2 Å². The number of para-hydroxylation sites is 1. The number of carbonyl (C=O) groups excluding carboxylic acids is 1. The molecule has 3 aromatic carbocycles. The van der Waals surface area contributed by atoms with Crippen LogP contribution in [0.5, 0.6) is 0 Å². The van der Waals surface area contributed by atoms with Gasteiger partial charge in [0, 0.05) is 42.5 Å². The van der Waals surface area contributed by atoms with Crippen molar-refractivity contribution < 1.29 is 4.79 Å². The van der Waals surface area contributed by atoms with Crippen LogP contribution in [0, 0.1) is 0 Å². The average Bonchev–Trinajstić information content (AvgIpc) is 3.25. The molecule has 1 amide bonds. The Balaban J connectivity index is 1.47. The standard InChI is InChI=1S/C30H32N2O/c1-30(2,3)24-14-12-22(13-15-24)26(27-19-31-28-11-7-6-10-25(27)28)18-29(33)32-17-16-21-8-4-5-9-23(21)20-32/h4-15,19,26,31H,16-18,20H2,1-3H3. The molecular formula is C30H32N2O. The number of hydrogen-bond acceptors (Lipinski definition) is 1. The van der Waals surface area contributed by atoms with Crippen molar-refractivity contribution in [2.24, 2.45) is 0 Å². The summed E-state index contributed by atoms with van der Waals surface area (Å²) in [6.45, 7) is 8.20. The van der Waals surface area contributed by atoms with Gasteiger partial charge < -0.3 is 9.88 Å². The van der Waals surface area contributed by atoms with Gasteiger partial charge in [0.05, 0.1) is 0 Å². The lowest BCUT2D eigenvalue weighted by atomic mass is 9.83. The van der Waals surface area contributed by atoms with Gasteiger partial charge in [-0.05, 0) is 45.7 Å². The van der Waals surface area contributed by atoms with Crippen molar-refractivity contribution in [2.45, 2.75) is 51.5 Å². The van der Waals surface area contributed by atoms with Crippen LogP contribution in [0.1, 0.15) is 60.9 Å². The Morgan fingerprint density at radius 1 is 0.939 bits per heavy atom. The molecular weight excluding hydrogens is 404 g/mol. The molecule has 0 saturated carbocycles. The first-order chi connectivity index (χ1) is 15.9. The van der Waals surface area contributed by atoms with Gasteiger partial charge in [-0.3, -0.25) is 4.79 Å². The van der Waals surface area contributed by atoms with Crippen molar-refractivity contribution >= 4 is 16.8 Å². The third kappa shape index (κ3) is 4.32. The summed E-state index contributed by atoms with van der Waals surface area (Å²) in [4.78, 5) is 19.0. The summed E-state index contributed by atoms with van der Waals surface area (Å²) < 4.78 is 0. The van der Waals surface area contributed by atoms with Crippen LogP contribution in [0.25, 0.3) is 10.9 Å². The van der Waals surface area contributed by atoms with E-state index in [2.05, 4.69) is 98.7 Å². The fourth-order valence-corrected chi connectivity index (χ4v) is 5.02. The van der Waals surface area contributed by atoms with E-state index >= 15 is 0 Å². The second kappa shape index (κ2) is 8.55. The number of rotatable bonds is 4. The van der Waals surface area contributed by atoms with E-state index in [1.54, 1.807) is 0 Å². The highest BCUT2D eigenvalue weighted by Crippen LogP contribution is 2.35. The quantitative estimate of drug-likeness (QED) is 0.386. The number of H-pyrrole nitrogens is 1. The highest BCUT2D eigenvalue weighted by molar-refractivity contribution is 5.86. The van der Waals surface area contributed by atoms with Gasteiger partial charge >= 0.3 is 0 Å². The fraction of sp³-hybridized carbons (Fsp3) is 0.300. The molecule has 2 heterocycles. The van der Waals surface area contributed by atoms with Gasteiger partial charge in [0.2, 0.25) is 5.91 Å². The topological polar surface area (TPSA) is 36.1 Å². The van der Waals surface area contributed by atoms with Crippen molar-refractivity contribution in [1.29, 1.82) is 0 Å². The lowest BCUT2D eigenvalue weighted by molar-refractivity contribution is -0.132. The summed E-state index contributed by atoms with van der Waals surface area (Å²) in [6, 6.07) is 25.7. The van der Waals surface area contributed by atoms with Crippen LogP contribution >= 0.6 is 0 Å². The lowest BCUT2D eigenvalue weighted by Crippen LogP contribution is -2.36. The molecule has 1 N–H and O–H groups in total. The molecule has 5 rings (SSSR count). The molecule has 1 atom stereocenters. The molecule has 1 unspecified atom stereocenters. The highest BCUT2D eigenvalue weighted by Gasteiger charge is 2.27. The Kier molecular flexibility index (Phi) is 5.57. The molecule has 1 aromatic heterocycles. The zero-order chi connectivity index (χ0) is 23.0. The number of fused-ring (bicyclic) bond motifs is 2. The first-order valence-corrected chi connectivity index (χ1v) is 11.9. The summed E-state index contributed by atoms with van der Waals surface area (Å²) in [5, 5.41) is 1.19. The molecule has 3 nitrogen and oxygen atoms in total. The summed E-state index contributed by atoms with van der Waals surface area (Å²) in [7, 11) is 0. The third-order valence-electron chi connectivity index (χ3n) is 7.04. The first-order valence-electron chi connectivity index (χ1n) is 11.9. The van der Waals surface area contributed by atoms with E-state index in [4.69, 9.17) is 0 Å². The van der Waals surface area contributed by atoms with Gasteiger partial charge in [-0.25, -0.2) is 0 Å². The van der Waals surface area contributed by atoms with E-state index in [0.29, 0.717) is 13.0 Å². The normalized spacial score (nSPS) is 14.8. The molecule has 0 spiro atoms. The second-order valence-corrected chi connectivity index (χ2v) is 10.3. The number of carbonyl (C=O) groups is 1. The lowest BCUT2D eigenvalue weighted by Gasteiger charge is -2.30. The Morgan fingerprint density at radius 2 is 1.64 bits per heavy atom. The minimum atomic E-state index is 0.0137. The molecule has 0 aliphatic carbocycles. The third-order valence-corrected chi connectivity index (χ3v) is 7.04. The van der Waals surface area contributed by atoms with Crippen LogP contribution in [0.2, 0.25) is 0 Å². The maximum absolute atomic E-state index is 13.6. The number of nitrogens with one attached hydrogen (secondary N) is 1. The first kappa shape index (κ1) is 21.5. The van der Waals surface area contributed by atoms with Gasteiger partial charge in [0.25, 0.3) is 0 Å². The van der Waals surface area contributed by atoms with Crippen LogP contribution in [0.15, 0.2) is 79.0 Å². The van der Waals surface area contributed by atoms with Crippen molar-refractivity contribution in [2.75, 3.05) is 6.54 Å². The Labute approximate surface area is 196 Å². The summed E-state index contributed by atoms with van der Waals surface area (Å²) in [5.74, 6) is 0.236. The molecule has 33 heavy (non-hydrogen) atoms. The number of hydrogen-bond donors (Lipinski definition) is 1. The van der Waals surface area contributed by atoms with E-state index in [1.807, 2.05) is 11.0 Å². The van der Waals surface area contributed by atoms with Crippen LogP contribution < -0.4 is 0 Å². The summed E-state index contributed by atoms with van der Waals surface area (Å²) in [5.41, 5.74) is 7.55. The molecule has 0 radical (unpaired) electrons. The minimum Gasteiger partial charge on any atom is -0.361 e. The molecule has 1 aliphatic rings. The smallest absolute Gasteiger partial charge is 0.223 e. The van der Waals surface area contributed by atoms with Gasteiger partial charge in [0.1, 0.15) is 0 Å². The Hall–Kier alpha value is -3.33. The predicted molar refractivity (Wildman–Crippen MR) is 135 cm³/mol. The van der Waals surface area contributed by atoms with Crippen LogP contribution in [-0.2, 0) is 23.2 Å².